The Bertz CT molecular complexity index is 597. The van der Waals surface area contributed by atoms with Gasteiger partial charge in [-0.05, 0) is 30.9 Å². The molecule has 1 saturated carbocycles. The monoisotopic (exact) mass is 324 g/mol. The van der Waals surface area contributed by atoms with E-state index in [1.165, 1.54) is 25.1 Å². The molecule has 3 rings (SSSR count). The van der Waals surface area contributed by atoms with Gasteiger partial charge in [0.1, 0.15) is 5.82 Å². The number of hydrogen-bond acceptors (Lipinski definition) is 5. The topological polar surface area (TPSA) is 82.6 Å². The number of aromatic nitrogens is 1. The lowest BCUT2D eigenvalue weighted by Crippen LogP contribution is -2.49. The third kappa shape index (κ3) is 3.95. The summed E-state index contributed by atoms with van der Waals surface area (Å²) in [6.07, 6.45) is 4.11. The molecule has 0 unspecified atom stereocenters. The van der Waals surface area contributed by atoms with Crippen molar-refractivity contribution in [3.05, 3.63) is 23.9 Å². The molecule has 1 saturated heterocycles. The van der Waals surface area contributed by atoms with Crippen molar-refractivity contribution in [2.24, 2.45) is 5.92 Å². The number of rotatable bonds is 5. The predicted molar refractivity (Wildman–Crippen MR) is 83.2 cm³/mol. The summed E-state index contributed by atoms with van der Waals surface area (Å²) in [7, 11) is -2.73. The van der Waals surface area contributed by atoms with Gasteiger partial charge in [0, 0.05) is 38.9 Å². The van der Waals surface area contributed by atoms with E-state index in [0.717, 1.165) is 38.6 Å². The van der Waals surface area contributed by atoms with Crippen molar-refractivity contribution < 1.29 is 13.2 Å². The first-order valence-electron chi connectivity index (χ1n) is 7.50. The lowest BCUT2D eigenvalue weighted by Gasteiger charge is -2.34. The third-order valence-electron chi connectivity index (χ3n) is 4.09. The highest BCUT2D eigenvalue weighted by Gasteiger charge is 2.27. The molecule has 120 valence electrons. The highest BCUT2D eigenvalue weighted by molar-refractivity contribution is 7.73. The van der Waals surface area contributed by atoms with Crippen molar-refractivity contribution in [3.63, 3.8) is 0 Å². The van der Waals surface area contributed by atoms with Gasteiger partial charge in [0.15, 0.2) is 0 Å². The molecule has 2 heterocycles. The Kier molecular flexibility index (Phi) is 4.58. The molecule has 1 N–H and O–H groups in total. The van der Waals surface area contributed by atoms with Gasteiger partial charge in [-0.1, -0.05) is 0 Å². The molecule has 22 heavy (non-hydrogen) atoms. The molecule has 0 atom stereocenters. The average Bonchev–Trinajstić information content (AvgIpc) is 3.31. The highest BCUT2D eigenvalue weighted by Crippen LogP contribution is 2.29. The number of hydrogen-bond donors (Lipinski definition) is 2. The SMILES string of the molecule is O=C(c1ccc(N[SH](=O)=O)nc1)N1CCN(CC2CC2)CC1. The van der Waals surface area contributed by atoms with E-state index in [1.54, 1.807) is 6.07 Å². The predicted octanol–water partition coefficient (Wildman–Crippen LogP) is 0.188. The van der Waals surface area contributed by atoms with Gasteiger partial charge in [-0.25, -0.2) is 13.4 Å². The lowest BCUT2D eigenvalue weighted by molar-refractivity contribution is 0.0631. The second kappa shape index (κ2) is 6.62. The lowest BCUT2D eigenvalue weighted by atomic mass is 10.2. The number of thiol groups is 1. The molecule has 2 aliphatic rings. The Morgan fingerprint density at radius 1 is 1.23 bits per heavy atom. The summed E-state index contributed by atoms with van der Waals surface area (Å²) in [6.45, 7) is 4.48. The van der Waals surface area contributed by atoms with Gasteiger partial charge >= 0.3 is 0 Å². The van der Waals surface area contributed by atoms with Gasteiger partial charge < -0.3 is 4.90 Å². The van der Waals surface area contributed by atoms with E-state index in [2.05, 4.69) is 14.6 Å². The first-order chi connectivity index (χ1) is 10.6. The van der Waals surface area contributed by atoms with Crippen LogP contribution in [-0.4, -0.2) is 61.8 Å². The second-order valence-corrected chi connectivity index (χ2v) is 6.58. The van der Waals surface area contributed by atoms with E-state index in [4.69, 9.17) is 0 Å². The number of nitrogens with zero attached hydrogens (tertiary/aromatic N) is 3. The smallest absolute Gasteiger partial charge is 0.255 e. The van der Waals surface area contributed by atoms with Gasteiger partial charge in [0.2, 0.25) is 10.9 Å². The van der Waals surface area contributed by atoms with Crippen molar-refractivity contribution in [2.75, 3.05) is 37.4 Å². The number of anilines is 1. The van der Waals surface area contributed by atoms with Crippen molar-refractivity contribution in [2.45, 2.75) is 12.8 Å². The maximum Gasteiger partial charge on any atom is 0.255 e. The molecule has 0 radical (unpaired) electrons. The Morgan fingerprint density at radius 2 is 1.95 bits per heavy atom. The quantitative estimate of drug-likeness (QED) is 0.756. The number of carbonyl (C=O) groups excluding carboxylic acids is 1. The van der Waals surface area contributed by atoms with Crippen molar-refractivity contribution in [1.29, 1.82) is 0 Å². The van der Waals surface area contributed by atoms with E-state index < -0.39 is 10.9 Å². The van der Waals surface area contributed by atoms with Gasteiger partial charge in [-0.15, -0.1) is 0 Å². The van der Waals surface area contributed by atoms with Gasteiger partial charge in [-0.3, -0.25) is 14.4 Å². The Morgan fingerprint density at radius 3 is 2.50 bits per heavy atom. The van der Waals surface area contributed by atoms with Crippen LogP contribution in [0.5, 0.6) is 0 Å². The Balaban J connectivity index is 1.54. The highest BCUT2D eigenvalue weighted by atomic mass is 32.2. The molecule has 1 aliphatic heterocycles. The molecule has 7 nitrogen and oxygen atoms in total. The number of pyridine rings is 1. The summed E-state index contributed by atoms with van der Waals surface area (Å²) in [5.41, 5.74) is 0.488. The zero-order valence-corrected chi connectivity index (χ0v) is 13.2. The summed E-state index contributed by atoms with van der Waals surface area (Å²) in [5.74, 6) is 1.05. The summed E-state index contributed by atoms with van der Waals surface area (Å²) in [6, 6.07) is 3.11. The largest absolute Gasteiger partial charge is 0.336 e. The van der Waals surface area contributed by atoms with E-state index in [-0.39, 0.29) is 11.7 Å². The summed E-state index contributed by atoms with van der Waals surface area (Å²) in [4.78, 5) is 20.6. The second-order valence-electron chi connectivity index (χ2n) is 5.84. The first kappa shape index (κ1) is 15.2. The van der Waals surface area contributed by atoms with Crippen molar-refractivity contribution in [3.8, 4) is 0 Å². The zero-order chi connectivity index (χ0) is 15.5. The van der Waals surface area contributed by atoms with Crippen LogP contribution in [0.4, 0.5) is 5.82 Å². The van der Waals surface area contributed by atoms with E-state index >= 15 is 0 Å². The van der Waals surface area contributed by atoms with Crippen LogP contribution >= 0.6 is 0 Å². The minimum Gasteiger partial charge on any atom is -0.336 e. The average molecular weight is 324 g/mol. The normalized spacial score (nSPS) is 19.4. The number of amides is 1. The Labute approximate surface area is 131 Å². The molecular weight excluding hydrogens is 304 g/mol. The fraction of sp³-hybridized carbons (Fsp3) is 0.571. The van der Waals surface area contributed by atoms with Gasteiger partial charge in [0.25, 0.3) is 5.91 Å². The molecule has 1 amide bonds. The summed E-state index contributed by atoms with van der Waals surface area (Å²) in [5, 5.41) is 0. The fourth-order valence-corrected chi connectivity index (χ4v) is 2.98. The van der Waals surface area contributed by atoms with Crippen LogP contribution in [0.2, 0.25) is 0 Å². The zero-order valence-electron chi connectivity index (χ0n) is 12.3. The number of piperazine rings is 1. The van der Waals surface area contributed by atoms with Crippen LogP contribution in [0.15, 0.2) is 18.3 Å². The maximum atomic E-state index is 12.4. The molecule has 0 spiro atoms. The maximum absolute atomic E-state index is 12.4. The molecule has 0 aromatic carbocycles. The first-order valence-corrected chi connectivity index (χ1v) is 8.68. The van der Waals surface area contributed by atoms with Crippen molar-refractivity contribution >= 4 is 22.6 Å². The van der Waals surface area contributed by atoms with E-state index in [9.17, 15) is 13.2 Å². The van der Waals surface area contributed by atoms with Crippen LogP contribution < -0.4 is 4.72 Å². The van der Waals surface area contributed by atoms with E-state index in [0.29, 0.717) is 5.56 Å². The Hall–Kier alpha value is -1.67. The summed E-state index contributed by atoms with van der Waals surface area (Å²) < 4.78 is 23.3. The van der Waals surface area contributed by atoms with Crippen LogP contribution in [0.3, 0.4) is 0 Å². The van der Waals surface area contributed by atoms with Crippen LogP contribution in [0, 0.1) is 5.92 Å². The molecule has 2 fully saturated rings. The molecule has 1 aliphatic carbocycles. The minimum atomic E-state index is -2.73. The molecule has 8 heteroatoms. The number of carbonyl (C=O) groups is 1. The van der Waals surface area contributed by atoms with E-state index in [1.807, 2.05) is 4.90 Å². The standard InChI is InChI=1S/C14H20N4O3S/c19-14(12-3-4-13(15-9-12)16-22(20)21)18-7-5-17(6-8-18)10-11-1-2-11/h3-4,9,11,22H,1-2,5-8,10H2,(H,15,16,20,21). The molecule has 0 bridgehead atoms. The third-order valence-corrected chi connectivity index (χ3v) is 4.50. The van der Waals surface area contributed by atoms with Crippen molar-refractivity contribution in [1.82, 2.24) is 14.8 Å². The minimum absolute atomic E-state index is 0.0448. The van der Waals surface area contributed by atoms with Crippen LogP contribution in [-0.2, 0) is 10.9 Å². The van der Waals surface area contributed by atoms with Crippen LogP contribution in [0.25, 0.3) is 0 Å². The molecule has 1 aromatic rings. The van der Waals surface area contributed by atoms with Crippen LogP contribution in [0.1, 0.15) is 23.2 Å². The summed E-state index contributed by atoms with van der Waals surface area (Å²) >= 11 is 0. The van der Waals surface area contributed by atoms with Gasteiger partial charge in [-0.2, -0.15) is 0 Å². The number of nitrogens with one attached hydrogen (secondary N) is 1. The van der Waals surface area contributed by atoms with Gasteiger partial charge in [0.05, 0.1) is 5.56 Å². The molecule has 1 aromatic heterocycles. The molecular formula is C14H20N4O3S. The fourth-order valence-electron chi connectivity index (χ4n) is 2.66.